The van der Waals surface area contributed by atoms with Crippen LogP contribution < -0.4 is 10.6 Å². The molecule has 0 bridgehead atoms. The highest BCUT2D eigenvalue weighted by atomic mass is 33.1. The van der Waals surface area contributed by atoms with E-state index in [1.807, 2.05) is 21.6 Å². The van der Waals surface area contributed by atoms with Crippen LogP contribution >= 0.6 is 48.6 Å². The van der Waals surface area contributed by atoms with E-state index in [-0.39, 0.29) is 57.3 Å². The lowest BCUT2D eigenvalue weighted by molar-refractivity contribution is -0.131. The van der Waals surface area contributed by atoms with Crippen LogP contribution in [0.15, 0.2) is 0 Å². The molecule has 2 N–H and O–H groups in total. The quantitative estimate of drug-likeness (QED) is 0.337. The number of amides is 2. The molecule has 0 spiro atoms. The van der Waals surface area contributed by atoms with Crippen molar-refractivity contribution in [3.8, 4) is 0 Å². The van der Waals surface area contributed by atoms with Gasteiger partial charge in [-0.05, 0) is 46.5 Å². The van der Waals surface area contributed by atoms with Crippen LogP contribution in [0.5, 0.6) is 0 Å². The van der Waals surface area contributed by atoms with Gasteiger partial charge in [-0.3, -0.25) is 14.4 Å². The van der Waals surface area contributed by atoms with Crippen molar-refractivity contribution in [3.05, 3.63) is 0 Å². The molecular weight excluding hydrogens is 436 g/mol. The molecule has 1 heterocycles. The summed E-state index contributed by atoms with van der Waals surface area (Å²) in [5.74, 6) is 0.419. The van der Waals surface area contributed by atoms with Crippen molar-refractivity contribution in [2.45, 2.75) is 83.1 Å². The number of unbranched alkanes of at least 4 members (excludes halogenated alkanes) is 1. The average Bonchev–Trinajstić information content (AvgIpc) is 3.08. The van der Waals surface area contributed by atoms with Crippen LogP contribution in [0.1, 0.15) is 65.7 Å². The fourth-order valence-corrected chi connectivity index (χ4v) is 5.55. The highest BCUT2D eigenvalue weighted by Gasteiger charge is 2.23. The molecule has 1 aliphatic heterocycles. The summed E-state index contributed by atoms with van der Waals surface area (Å²) in [5, 5.41) is 6.01. The van der Waals surface area contributed by atoms with Crippen molar-refractivity contribution in [1.29, 1.82) is 0 Å². The van der Waals surface area contributed by atoms with Gasteiger partial charge in [-0.1, -0.05) is 28.0 Å². The molecule has 6 nitrogen and oxygen atoms in total. The lowest BCUT2D eigenvalue weighted by Gasteiger charge is -2.20. The first-order chi connectivity index (χ1) is 12.3. The molecule has 3 atom stereocenters. The fraction of sp³-hybridized carbons (Fsp3) is 0.778. The van der Waals surface area contributed by atoms with Crippen LogP contribution in [0.3, 0.4) is 0 Å². The molecule has 1 rings (SSSR count). The maximum atomic E-state index is 12.3. The summed E-state index contributed by atoms with van der Waals surface area (Å²) in [5.41, 5.74) is 0. The largest absolute Gasteiger partial charge is 0.345 e. The summed E-state index contributed by atoms with van der Waals surface area (Å²) in [6.45, 7) is 4.45. The molecule has 0 aromatic rings. The molecule has 28 heavy (non-hydrogen) atoms. The number of hydrogen-bond acceptors (Lipinski definition) is 6. The van der Waals surface area contributed by atoms with Crippen molar-refractivity contribution in [2.24, 2.45) is 0 Å². The van der Waals surface area contributed by atoms with E-state index in [4.69, 9.17) is 0 Å². The third kappa shape index (κ3) is 13.0. The van der Waals surface area contributed by atoms with E-state index in [9.17, 15) is 19.2 Å². The Labute approximate surface area is 190 Å². The number of carbonyl (C=O) groups excluding carboxylic acids is 4. The van der Waals surface area contributed by atoms with Gasteiger partial charge in [0.15, 0.2) is 5.78 Å². The van der Waals surface area contributed by atoms with Crippen LogP contribution in [-0.4, -0.2) is 46.5 Å². The first-order valence-electron chi connectivity index (χ1n) is 9.17. The van der Waals surface area contributed by atoms with Crippen LogP contribution in [0.4, 0.5) is 0 Å². The highest BCUT2D eigenvalue weighted by molar-refractivity contribution is 8.77. The normalized spacial score (nSPS) is 17.5. The number of rotatable bonds is 12. The number of Topliss-reactive ketones (excluding diaryl/α,β-unsaturated/α-hetero) is 2. The molecule has 0 saturated carbocycles. The Kier molecular flexibility index (Phi) is 17.6. The summed E-state index contributed by atoms with van der Waals surface area (Å²) in [7, 11) is 3.85. The Bertz CT molecular complexity index is 514. The van der Waals surface area contributed by atoms with Gasteiger partial charge in [0.1, 0.15) is 11.8 Å². The van der Waals surface area contributed by atoms with E-state index in [1.54, 1.807) is 6.92 Å². The van der Waals surface area contributed by atoms with E-state index in [0.717, 1.165) is 19.3 Å². The van der Waals surface area contributed by atoms with E-state index < -0.39 is 18.0 Å². The topological polar surface area (TPSA) is 92.3 Å². The zero-order chi connectivity index (χ0) is 19.5. The van der Waals surface area contributed by atoms with Crippen molar-refractivity contribution in [3.63, 3.8) is 0 Å². The smallest absolute Gasteiger partial charge is 0.243 e. The third-order valence-corrected chi connectivity index (χ3v) is 7.32. The molecule has 0 aromatic heterocycles. The minimum atomic E-state index is -0.782. The van der Waals surface area contributed by atoms with Gasteiger partial charge in [0, 0.05) is 23.8 Å². The van der Waals surface area contributed by atoms with E-state index in [0.29, 0.717) is 11.7 Å². The second kappa shape index (κ2) is 16.5. The van der Waals surface area contributed by atoms with E-state index >= 15 is 0 Å². The SMILES string of the molecule is CC(=O)CC[C@H](NC(=O)CCCC[C@@H]1CCSS1)C(=O)N[C@@H](C)C(C)=O.S.S. The Morgan fingerprint density at radius 3 is 2.25 bits per heavy atom. The molecule has 164 valence electrons. The van der Waals surface area contributed by atoms with E-state index in [2.05, 4.69) is 10.6 Å². The number of carbonyl (C=O) groups is 4. The first kappa shape index (κ1) is 29.9. The Morgan fingerprint density at radius 2 is 1.71 bits per heavy atom. The van der Waals surface area contributed by atoms with Crippen molar-refractivity contribution in [1.82, 2.24) is 10.6 Å². The lowest BCUT2D eigenvalue weighted by atomic mass is 10.1. The minimum absolute atomic E-state index is 0. The minimum Gasteiger partial charge on any atom is -0.345 e. The van der Waals surface area contributed by atoms with Crippen molar-refractivity contribution < 1.29 is 19.2 Å². The molecular formula is C18H34N2O4S4. The Morgan fingerprint density at radius 1 is 1.04 bits per heavy atom. The predicted molar refractivity (Wildman–Crippen MR) is 128 cm³/mol. The summed E-state index contributed by atoms with van der Waals surface area (Å²) >= 11 is 0. The zero-order valence-corrected chi connectivity index (χ0v) is 20.5. The molecule has 10 heteroatoms. The molecule has 1 fully saturated rings. The summed E-state index contributed by atoms with van der Waals surface area (Å²) < 4.78 is 0. The summed E-state index contributed by atoms with van der Waals surface area (Å²) in [4.78, 5) is 47.0. The molecule has 2 amide bonds. The number of ketones is 2. The van der Waals surface area contributed by atoms with Gasteiger partial charge in [-0.25, -0.2) is 0 Å². The van der Waals surface area contributed by atoms with Crippen LogP contribution in [0, 0.1) is 0 Å². The van der Waals surface area contributed by atoms with Gasteiger partial charge >= 0.3 is 0 Å². The van der Waals surface area contributed by atoms with Crippen molar-refractivity contribution >= 4 is 72.0 Å². The second-order valence-corrected chi connectivity index (χ2v) is 9.56. The van der Waals surface area contributed by atoms with Gasteiger partial charge in [0.2, 0.25) is 11.8 Å². The van der Waals surface area contributed by atoms with Gasteiger partial charge in [0.05, 0.1) is 6.04 Å². The summed E-state index contributed by atoms with van der Waals surface area (Å²) in [6, 6.07) is -1.39. The number of hydrogen-bond donors (Lipinski definition) is 2. The van der Waals surface area contributed by atoms with Gasteiger partial charge < -0.3 is 15.4 Å². The Hall–Kier alpha value is -0.320. The standard InChI is InChI=1S/C18H30N2O4S2.2H2S/c1-12(21)8-9-16(18(24)19-13(2)14(3)22)20-17(23)7-5-4-6-15-10-11-25-26-15;;/h13,15-16H,4-11H2,1-3H3,(H,19,24)(H,20,23);2*1H2/t13-,15+,16-;;/m0../s1. The average molecular weight is 471 g/mol. The molecule has 0 aromatic carbocycles. The number of nitrogens with one attached hydrogen (secondary N) is 2. The first-order valence-corrected chi connectivity index (χ1v) is 11.6. The van der Waals surface area contributed by atoms with Gasteiger partial charge in [-0.15, -0.1) is 0 Å². The lowest BCUT2D eigenvalue weighted by Crippen LogP contribution is -2.50. The molecule has 0 radical (unpaired) electrons. The molecule has 1 saturated heterocycles. The fourth-order valence-electron chi connectivity index (χ4n) is 2.52. The monoisotopic (exact) mass is 470 g/mol. The third-order valence-electron chi connectivity index (χ3n) is 4.31. The van der Waals surface area contributed by atoms with Gasteiger partial charge in [-0.2, -0.15) is 27.0 Å². The molecule has 0 unspecified atom stereocenters. The van der Waals surface area contributed by atoms with Crippen LogP contribution in [0.2, 0.25) is 0 Å². The maximum Gasteiger partial charge on any atom is 0.243 e. The van der Waals surface area contributed by atoms with Crippen molar-refractivity contribution in [2.75, 3.05) is 5.75 Å². The van der Waals surface area contributed by atoms with Crippen LogP contribution in [-0.2, 0) is 19.2 Å². The Balaban J connectivity index is 0. The predicted octanol–water partition coefficient (Wildman–Crippen LogP) is 2.87. The highest BCUT2D eigenvalue weighted by Crippen LogP contribution is 2.39. The van der Waals surface area contributed by atoms with Gasteiger partial charge in [0.25, 0.3) is 0 Å². The zero-order valence-electron chi connectivity index (χ0n) is 16.8. The second-order valence-electron chi connectivity index (χ2n) is 6.78. The van der Waals surface area contributed by atoms with E-state index in [1.165, 1.54) is 26.0 Å². The molecule has 0 aliphatic carbocycles. The summed E-state index contributed by atoms with van der Waals surface area (Å²) in [6.07, 6.45) is 4.97. The molecule has 1 aliphatic rings. The van der Waals surface area contributed by atoms with Crippen LogP contribution in [0.25, 0.3) is 0 Å². The maximum absolute atomic E-state index is 12.3.